The van der Waals surface area contributed by atoms with E-state index in [2.05, 4.69) is 30.4 Å². The number of nitrogens with two attached hydrogens (primary N) is 1. The third-order valence-corrected chi connectivity index (χ3v) is 5.75. The summed E-state index contributed by atoms with van der Waals surface area (Å²) in [5.41, 5.74) is 8.88. The zero-order valence-corrected chi connectivity index (χ0v) is 18.2. The summed E-state index contributed by atoms with van der Waals surface area (Å²) in [6.45, 7) is 1.42. The van der Waals surface area contributed by atoms with Crippen molar-refractivity contribution < 1.29 is 18.0 Å². The van der Waals surface area contributed by atoms with Crippen LogP contribution in [0.4, 0.5) is 24.7 Å². The van der Waals surface area contributed by atoms with Crippen molar-refractivity contribution in [1.29, 1.82) is 0 Å². The highest BCUT2D eigenvalue weighted by Crippen LogP contribution is 2.44. The molecular formula is C21H20F3N9O. The van der Waals surface area contributed by atoms with Gasteiger partial charge in [-0.05, 0) is 19.8 Å². The molecule has 0 aliphatic heterocycles. The van der Waals surface area contributed by atoms with Gasteiger partial charge in [-0.15, -0.1) is 0 Å². The SMILES string of the molecule is Cc1c(Nc2nc(C3CC3)c(-c3cncc4c3ncn4C)nc2C(N)=O)cnn1C(F)C(F)F. The third kappa shape index (κ3) is 3.62. The van der Waals surface area contributed by atoms with Gasteiger partial charge in [-0.3, -0.25) is 9.78 Å². The number of hydrogen-bond acceptors (Lipinski definition) is 7. The van der Waals surface area contributed by atoms with Crippen LogP contribution in [0.3, 0.4) is 0 Å². The number of anilines is 2. The first-order valence-electron chi connectivity index (χ1n) is 10.5. The normalized spacial score (nSPS) is 14.6. The average Bonchev–Trinajstić information content (AvgIpc) is 3.51. The van der Waals surface area contributed by atoms with E-state index in [0.29, 0.717) is 27.1 Å². The molecule has 1 unspecified atom stereocenters. The van der Waals surface area contributed by atoms with Gasteiger partial charge < -0.3 is 15.6 Å². The summed E-state index contributed by atoms with van der Waals surface area (Å²) < 4.78 is 41.8. The van der Waals surface area contributed by atoms with E-state index < -0.39 is 18.6 Å². The Morgan fingerprint density at radius 2 is 1.97 bits per heavy atom. The minimum absolute atomic E-state index is 0.0365. The van der Waals surface area contributed by atoms with Crippen LogP contribution in [0.15, 0.2) is 24.9 Å². The van der Waals surface area contributed by atoms with Gasteiger partial charge in [0, 0.05) is 24.7 Å². The molecule has 1 atom stereocenters. The molecule has 1 saturated carbocycles. The lowest BCUT2D eigenvalue weighted by molar-refractivity contribution is -0.000376. The number of amides is 1. The number of nitrogens with one attached hydrogen (secondary N) is 1. The van der Waals surface area contributed by atoms with Crippen molar-refractivity contribution in [2.75, 3.05) is 5.32 Å². The van der Waals surface area contributed by atoms with Crippen molar-refractivity contribution >= 4 is 28.4 Å². The van der Waals surface area contributed by atoms with Crippen molar-refractivity contribution in [2.45, 2.75) is 38.4 Å². The number of aromatic nitrogens is 7. The van der Waals surface area contributed by atoms with Gasteiger partial charge in [0.05, 0.1) is 47.0 Å². The van der Waals surface area contributed by atoms with Gasteiger partial charge in [-0.2, -0.15) is 5.10 Å². The van der Waals surface area contributed by atoms with Crippen molar-refractivity contribution in [2.24, 2.45) is 12.8 Å². The Morgan fingerprint density at radius 1 is 1.21 bits per heavy atom. The summed E-state index contributed by atoms with van der Waals surface area (Å²) in [4.78, 5) is 30.2. The maximum atomic E-state index is 13.8. The predicted octanol–water partition coefficient (Wildman–Crippen LogP) is 3.38. The topological polar surface area (TPSA) is 129 Å². The fraction of sp³-hybridized carbons (Fsp3) is 0.333. The maximum Gasteiger partial charge on any atom is 0.289 e. The van der Waals surface area contributed by atoms with E-state index in [9.17, 15) is 18.0 Å². The molecule has 1 aliphatic rings. The van der Waals surface area contributed by atoms with Gasteiger partial charge >= 0.3 is 0 Å². The van der Waals surface area contributed by atoms with Gasteiger partial charge in [0.15, 0.2) is 11.5 Å². The number of alkyl halides is 3. The maximum absolute atomic E-state index is 13.8. The largest absolute Gasteiger partial charge is 0.364 e. The molecule has 5 rings (SSSR count). The smallest absolute Gasteiger partial charge is 0.289 e. The molecule has 13 heteroatoms. The Morgan fingerprint density at radius 3 is 2.65 bits per heavy atom. The Bertz CT molecular complexity index is 1410. The first-order valence-corrected chi connectivity index (χ1v) is 10.5. The van der Waals surface area contributed by atoms with Gasteiger partial charge in [0.25, 0.3) is 18.6 Å². The van der Waals surface area contributed by atoms with Gasteiger partial charge in [0.2, 0.25) is 0 Å². The summed E-state index contributed by atoms with van der Waals surface area (Å²) in [6.07, 6.45) is 2.06. The molecule has 0 bridgehead atoms. The number of carbonyl (C=O) groups is 1. The molecule has 1 fully saturated rings. The Labute approximate surface area is 191 Å². The van der Waals surface area contributed by atoms with Crippen LogP contribution in [0.2, 0.25) is 0 Å². The van der Waals surface area contributed by atoms with Crippen LogP contribution in [0, 0.1) is 6.92 Å². The first kappa shape index (κ1) is 21.8. The van der Waals surface area contributed by atoms with Crippen LogP contribution in [-0.4, -0.2) is 46.6 Å². The van der Waals surface area contributed by atoms with Gasteiger partial charge in [-0.25, -0.2) is 32.8 Å². The predicted molar refractivity (Wildman–Crippen MR) is 116 cm³/mol. The molecule has 176 valence electrons. The summed E-state index contributed by atoms with van der Waals surface area (Å²) in [5.74, 6) is -0.697. The van der Waals surface area contributed by atoms with Gasteiger partial charge in [0.1, 0.15) is 5.52 Å². The lowest BCUT2D eigenvalue weighted by Crippen LogP contribution is -2.19. The Kier molecular flexibility index (Phi) is 5.18. The summed E-state index contributed by atoms with van der Waals surface area (Å²) >= 11 is 0. The molecule has 0 saturated heterocycles. The molecule has 1 aliphatic carbocycles. The highest BCUT2D eigenvalue weighted by molar-refractivity contribution is 5.98. The fourth-order valence-electron chi connectivity index (χ4n) is 3.79. The zero-order chi connectivity index (χ0) is 24.1. The quantitative estimate of drug-likeness (QED) is 0.423. The van der Waals surface area contributed by atoms with E-state index in [1.54, 1.807) is 18.7 Å². The minimum atomic E-state index is -3.24. The molecule has 3 N–H and O–H groups in total. The second-order valence-corrected chi connectivity index (χ2v) is 8.12. The van der Waals surface area contributed by atoms with Crippen LogP contribution in [0.1, 0.15) is 46.9 Å². The van der Waals surface area contributed by atoms with E-state index >= 15 is 0 Å². The summed E-state index contributed by atoms with van der Waals surface area (Å²) in [7, 11) is 1.84. The Balaban J connectivity index is 1.63. The lowest BCUT2D eigenvalue weighted by Gasteiger charge is -2.15. The van der Waals surface area contributed by atoms with Crippen LogP contribution in [0.5, 0.6) is 0 Å². The number of halogens is 3. The number of rotatable bonds is 7. The van der Waals surface area contributed by atoms with Crippen molar-refractivity contribution in [3.8, 4) is 11.3 Å². The lowest BCUT2D eigenvalue weighted by atomic mass is 10.1. The average molecular weight is 471 g/mol. The molecule has 4 heterocycles. The van der Waals surface area contributed by atoms with E-state index in [-0.39, 0.29) is 28.8 Å². The van der Waals surface area contributed by atoms with Crippen molar-refractivity contribution in [1.82, 2.24) is 34.3 Å². The number of imidazole rings is 1. The molecule has 0 radical (unpaired) electrons. The first-order chi connectivity index (χ1) is 16.3. The molecule has 4 aromatic rings. The monoisotopic (exact) mass is 471 g/mol. The Hall–Kier alpha value is -4.03. The van der Waals surface area contributed by atoms with Crippen LogP contribution in [-0.2, 0) is 7.05 Å². The number of aryl methyl sites for hydroxylation is 1. The molecule has 0 aromatic carbocycles. The van der Waals surface area contributed by atoms with Gasteiger partial charge in [-0.1, -0.05) is 0 Å². The standard InChI is InChI=1S/C21H20F3N9O/c1-9-12(6-28-33(9)19(24)18(22)23)29-21-17(20(25)34)30-16(14(31-21)10-3-4-10)11-5-26-7-13-15(11)27-8-32(13)2/h5-8,10,18-19H,3-4H2,1-2H3,(H2,25,34)(H,29,31). The van der Waals surface area contributed by atoms with Crippen LogP contribution >= 0.6 is 0 Å². The minimum Gasteiger partial charge on any atom is -0.364 e. The van der Waals surface area contributed by atoms with Crippen LogP contribution in [0.25, 0.3) is 22.3 Å². The van der Waals surface area contributed by atoms with Crippen molar-refractivity contribution in [3.63, 3.8) is 0 Å². The molecule has 1 amide bonds. The van der Waals surface area contributed by atoms with Crippen molar-refractivity contribution in [3.05, 3.63) is 42.0 Å². The number of fused-ring (bicyclic) bond motifs is 1. The molecule has 34 heavy (non-hydrogen) atoms. The van der Waals surface area contributed by atoms with E-state index in [1.807, 2.05) is 11.6 Å². The summed E-state index contributed by atoms with van der Waals surface area (Å²) in [5, 5.41) is 6.57. The number of nitrogens with zero attached hydrogens (tertiary/aromatic N) is 7. The molecule has 4 aromatic heterocycles. The highest BCUT2D eigenvalue weighted by atomic mass is 19.3. The number of pyridine rings is 1. The highest BCUT2D eigenvalue weighted by Gasteiger charge is 2.32. The second-order valence-electron chi connectivity index (χ2n) is 8.12. The van der Waals surface area contributed by atoms with Crippen LogP contribution < -0.4 is 11.1 Å². The number of carbonyl (C=O) groups excluding carboxylic acids is 1. The second kappa shape index (κ2) is 8.08. The number of hydrogen-bond donors (Lipinski definition) is 2. The fourth-order valence-corrected chi connectivity index (χ4v) is 3.79. The zero-order valence-electron chi connectivity index (χ0n) is 18.2. The molecule has 0 spiro atoms. The van der Waals surface area contributed by atoms with E-state index in [1.165, 1.54) is 13.1 Å². The van der Waals surface area contributed by atoms with E-state index in [4.69, 9.17) is 5.73 Å². The van der Waals surface area contributed by atoms with E-state index in [0.717, 1.165) is 18.4 Å². The summed E-state index contributed by atoms with van der Waals surface area (Å²) in [6, 6.07) is 0. The molecular weight excluding hydrogens is 451 g/mol. The number of primary amides is 1. The molecule has 10 nitrogen and oxygen atoms in total. The third-order valence-electron chi connectivity index (χ3n) is 5.75.